The van der Waals surface area contributed by atoms with Crippen molar-refractivity contribution in [3.63, 3.8) is 0 Å². The molecule has 0 spiro atoms. The van der Waals surface area contributed by atoms with Gasteiger partial charge in [0.1, 0.15) is 6.07 Å². The van der Waals surface area contributed by atoms with Crippen LogP contribution < -0.4 is 11.3 Å². The Hall–Kier alpha value is -1.82. The molecule has 0 atom stereocenters. The summed E-state index contributed by atoms with van der Waals surface area (Å²) in [4.78, 5) is 19.9. The summed E-state index contributed by atoms with van der Waals surface area (Å²) in [6, 6.07) is 7.16. The van der Waals surface area contributed by atoms with Gasteiger partial charge in [-0.1, -0.05) is 22.0 Å². The van der Waals surface area contributed by atoms with Gasteiger partial charge in [0.05, 0.1) is 15.7 Å². The summed E-state index contributed by atoms with van der Waals surface area (Å²) in [7, 11) is 0. The third kappa shape index (κ3) is 3.26. The van der Waals surface area contributed by atoms with Gasteiger partial charge in [0.25, 0.3) is 5.91 Å². The number of hydrogen-bond donors (Lipinski definition) is 2. The molecule has 106 valence electrons. The first kappa shape index (κ1) is 15.6. The number of nitrogens with one attached hydrogen (secondary N) is 1. The summed E-state index contributed by atoms with van der Waals surface area (Å²) in [5.41, 5.74) is 4.46. The highest BCUT2D eigenvalue weighted by molar-refractivity contribution is 9.10. The largest absolute Gasteiger partial charge is 0.290 e. The summed E-state index contributed by atoms with van der Waals surface area (Å²) in [6.07, 6.45) is 1.48. The van der Waals surface area contributed by atoms with Crippen LogP contribution in [0.3, 0.4) is 0 Å². The van der Waals surface area contributed by atoms with E-state index >= 15 is 0 Å². The van der Waals surface area contributed by atoms with Crippen molar-refractivity contribution in [3.8, 4) is 17.3 Å². The Kier molecular flexibility index (Phi) is 5.01. The number of nitrogen functional groups attached to an aromatic ring is 1. The number of hydrazine groups is 1. The molecule has 0 saturated carbocycles. The molecule has 0 aliphatic carbocycles. The number of alkyl halides is 1. The Balaban J connectivity index is 2.71. The zero-order chi connectivity index (χ0) is 15.4. The lowest BCUT2D eigenvalue weighted by molar-refractivity contribution is 0.0954. The molecule has 1 aromatic heterocycles. The van der Waals surface area contributed by atoms with E-state index in [1.807, 2.05) is 18.2 Å². The van der Waals surface area contributed by atoms with Gasteiger partial charge in [-0.25, -0.2) is 15.8 Å². The van der Waals surface area contributed by atoms with Crippen molar-refractivity contribution < 1.29 is 4.79 Å². The number of hydrogen-bond acceptors (Lipinski definition) is 5. The number of aromatic nitrogens is 2. The number of nitriles is 1. The number of benzene rings is 1. The van der Waals surface area contributed by atoms with Gasteiger partial charge in [-0.15, -0.1) is 0 Å². The Labute approximate surface area is 137 Å². The number of nitrogens with zero attached hydrogens (tertiary/aromatic N) is 3. The molecule has 1 heterocycles. The molecule has 3 N–H and O–H groups in total. The second-order valence-corrected chi connectivity index (χ2v) is 5.40. The maximum Gasteiger partial charge on any atom is 0.265 e. The first-order valence-electron chi connectivity index (χ1n) is 5.73. The summed E-state index contributed by atoms with van der Waals surface area (Å²) >= 11 is 6.71. The molecule has 8 heteroatoms. The van der Waals surface area contributed by atoms with Crippen molar-refractivity contribution in [2.24, 2.45) is 5.84 Å². The monoisotopic (exact) mass is 409 g/mol. The van der Waals surface area contributed by atoms with Crippen LogP contribution in [0.5, 0.6) is 0 Å². The van der Waals surface area contributed by atoms with Crippen LogP contribution in [0.15, 0.2) is 28.9 Å². The summed E-state index contributed by atoms with van der Waals surface area (Å²) < 4.78 is 0.583. The Morgan fingerprint density at radius 2 is 2.24 bits per heavy atom. The fraction of sp³-hybridized carbons (Fsp3) is 0.0769. The van der Waals surface area contributed by atoms with Gasteiger partial charge in [-0.2, -0.15) is 5.26 Å². The van der Waals surface area contributed by atoms with E-state index in [0.29, 0.717) is 26.6 Å². The lowest BCUT2D eigenvalue weighted by Gasteiger charge is -2.11. The highest BCUT2D eigenvalue weighted by atomic mass is 79.9. The summed E-state index contributed by atoms with van der Waals surface area (Å²) in [6.45, 7) is 0. The van der Waals surface area contributed by atoms with Crippen molar-refractivity contribution in [1.82, 2.24) is 15.4 Å². The summed E-state index contributed by atoms with van der Waals surface area (Å²) in [5.74, 6) is 4.80. The van der Waals surface area contributed by atoms with Gasteiger partial charge in [-0.3, -0.25) is 10.2 Å². The molecular formula is C13H9Br2N5O. The first-order valence-corrected chi connectivity index (χ1v) is 7.65. The Bertz CT molecular complexity index is 742. The molecule has 0 unspecified atom stereocenters. The zero-order valence-corrected chi connectivity index (χ0v) is 13.8. The fourth-order valence-electron chi connectivity index (χ4n) is 1.76. The molecule has 0 radical (unpaired) electrons. The smallest absolute Gasteiger partial charge is 0.265 e. The number of amides is 1. The highest BCUT2D eigenvalue weighted by Crippen LogP contribution is 2.30. The highest BCUT2D eigenvalue weighted by Gasteiger charge is 2.17. The molecule has 2 rings (SSSR count). The normalized spacial score (nSPS) is 10.0. The molecule has 0 aliphatic heterocycles. The van der Waals surface area contributed by atoms with E-state index in [0.717, 1.165) is 5.56 Å². The Morgan fingerprint density at radius 3 is 2.86 bits per heavy atom. The van der Waals surface area contributed by atoms with Gasteiger partial charge >= 0.3 is 0 Å². The molecule has 21 heavy (non-hydrogen) atoms. The molecule has 6 nitrogen and oxygen atoms in total. The van der Waals surface area contributed by atoms with Crippen LogP contribution in [-0.4, -0.2) is 15.9 Å². The first-order chi connectivity index (χ1) is 10.1. The van der Waals surface area contributed by atoms with Crippen LogP contribution in [0.25, 0.3) is 11.3 Å². The van der Waals surface area contributed by atoms with E-state index in [4.69, 9.17) is 11.1 Å². The Morgan fingerprint density at radius 1 is 1.48 bits per heavy atom. The van der Waals surface area contributed by atoms with Gasteiger partial charge < -0.3 is 0 Å². The van der Waals surface area contributed by atoms with Crippen molar-refractivity contribution in [2.45, 2.75) is 5.33 Å². The van der Waals surface area contributed by atoms with Gasteiger partial charge in [0.15, 0.2) is 0 Å². The molecular weight excluding hydrogens is 402 g/mol. The van der Waals surface area contributed by atoms with Gasteiger partial charge in [0.2, 0.25) is 5.82 Å². The number of carbonyl (C=O) groups is 1. The van der Waals surface area contributed by atoms with E-state index in [-0.39, 0.29) is 5.82 Å². The van der Waals surface area contributed by atoms with Gasteiger partial charge in [-0.05, 0) is 33.6 Å². The summed E-state index contributed by atoms with van der Waals surface area (Å²) in [5, 5.41) is 9.55. The number of halogens is 2. The van der Waals surface area contributed by atoms with Crippen LogP contribution >= 0.6 is 31.9 Å². The molecule has 1 amide bonds. The van der Waals surface area contributed by atoms with Crippen molar-refractivity contribution in [3.05, 3.63) is 45.8 Å². The maximum absolute atomic E-state index is 11.9. The van der Waals surface area contributed by atoms with Crippen molar-refractivity contribution in [2.75, 3.05) is 0 Å². The SMILES string of the molecule is N#Cc1ncc(Br)c(-c2cc(CBr)ccc2C(=O)NN)n1. The van der Waals surface area contributed by atoms with E-state index in [2.05, 4.69) is 47.3 Å². The minimum atomic E-state index is -0.435. The van der Waals surface area contributed by atoms with E-state index in [1.165, 1.54) is 6.20 Å². The van der Waals surface area contributed by atoms with Crippen LogP contribution in [0.1, 0.15) is 21.7 Å². The second kappa shape index (κ2) is 6.76. The number of carbonyl (C=O) groups excluding carboxylic acids is 1. The quantitative estimate of drug-likeness (QED) is 0.349. The van der Waals surface area contributed by atoms with Crippen LogP contribution in [0.4, 0.5) is 0 Å². The van der Waals surface area contributed by atoms with E-state index < -0.39 is 5.91 Å². The van der Waals surface area contributed by atoms with Crippen LogP contribution in [0.2, 0.25) is 0 Å². The van der Waals surface area contributed by atoms with Crippen LogP contribution in [-0.2, 0) is 5.33 Å². The lowest BCUT2D eigenvalue weighted by Crippen LogP contribution is -2.30. The molecule has 0 bridgehead atoms. The molecule has 1 aromatic carbocycles. The second-order valence-electron chi connectivity index (χ2n) is 3.99. The number of rotatable bonds is 3. The molecule has 2 aromatic rings. The minimum absolute atomic E-state index is 0.0246. The third-order valence-corrected chi connectivity index (χ3v) is 3.94. The maximum atomic E-state index is 11.9. The molecule has 0 saturated heterocycles. The van der Waals surface area contributed by atoms with Gasteiger partial charge in [0, 0.05) is 17.1 Å². The zero-order valence-electron chi connectivity index (χ0n) is 10.6. The minimum Gasteiger partial charge on any atom is -0.290 e. The third-order valence-electron chi connectivity index (χ3n) is 2.71. The predicted octanol–water partition coefficient (Wildman–Crippen LogP) is 2.28. The van der Waals surface area contributed by atoms with Crippen molar-refractivity contribution in [1.29, 1.82) is 5.26 Å². The fourth-order valence-corrected chi connectivity index (χ4v) is 2.51. The van der Waals surface area contributed by atoms with E-state index in [1.54, 1.807) is 6.07 Å². The lowest BCUT2D eigenvalue weighted by atomic mass is 10.0. The topological polar surface area (TPSA) is 105 Å². The molecule has 0 aliphatic rings. The molecule has 0 fully saturated rings. The van der Waals surface area contributed by atoms with Crippen LogP contribution in [0, 0.1) is 11.3 Å². The van der Waals surface area contributed by atoms with Crippen molar-refractivity contribution >= 4 is 37.8 Å². The number of nitrogens with two attached hydrogens (primary N) is 1. The average Bonchev–Trinajstić information content (AvgIpc) is 2.54. The van der Waals surface area contributed by atoms with E-state index in [9.17, 15) is 4.79 Å². The standard InChI is InChI=1S/C13H9Br2N5O/c14-4-7-1-2-8(13(21)20-17)9(3-7)12-10(15)6-18-11(5-16)19-12/h1-3,6H,4,17H2,(H,20,21). The average molecular weight is 411 g/mol. The predicted molar refractivity (Wildman–Crippen MR) is 84.2 cm³/mol.